The van der Waals surface area contributed by atoms with Crippen LogP contribution in [-0.2, 0) is 4.79 Å². The average molecular weight is 338 g/mol. The number of nitrogens with zero attached hydrogens (tertiary/aromatic N) is 1. The standard InChI is InChI=1S/C22H43NO/c1-20(2,3)14-12-10-11-13-19(24)23-16-17(21(4,5)6)15-18(23)22(7,8)9/h17-18H,10-16H2,1-9H3/t17-,18+/m1/s1. The van der Waals surface area contributed by atoms with Crippen LogP contribution in [0.15, 0.2) is 0 Å². The molecule has 24 heavy (non-hydrogen) atoms. The fraction of sp³-hybridized carbons (Fsp3) is 0.955. The van der Waals surface area contributed by atoms with Crippen LogP contribution in [0.4, 0.5) is 0 Å². The number of rotatable bonds is 5. The number of carbonyl (C=O) groups excluding carboxylic acids is 1. The molecule has 0 aromatic rings. The number of amides is 1. The highest BCUT2D eigenvalue weighted by Crippen LogP contribution is 2.42. The first-order valence-electron chi connectivity index (χ1n) is 10.0. The third-order valence-corrected chi connectivity index (χ3v) is 5.66. The lowest BCUT2D eigenvalue weighted by atomic mass is 9.76. The number of likely N-dealkylation sites (tertiary alicyclic amines) is 1. The second-order valence-corrected chi connectivity index (χ2v) is 11.3. The van der Waals surface area contributed by atoms with E-state index in [0.29, 0.717) is 23.3 Å². The lowest BCUT2D eigenvalue weighted by molar-refractivity contribution is -0.134. The van der Waals surface area contributed by atoms with Crippen LogP contribution in [0.3, 0.4) is 0 Å². The van der Waals surface area contributed by atoms with Crippen molar-refractivity contribution in [2.75, 3.05) is 6.54 Å². The lowest BCUT2D eigenvalue weighted by Gasteiger charge is -2.35. The molecule has 1 aliphatic rings. The minimum absolute atomic E-state index is 0.169. The van der Waals surface area contributed by atoms with Gasteiger partial charge in [0.1, 0.15) is 0 Å². The number of unbranched alkanes of at least 4 members (excludes halogenated alkanes) is 2. The van der Waals surface area contributed by atoms with Gasteiger partial charge in [-0.1, -0.05) is 75.2 Å². The summed E-state index contributed by atoms with van der Waals surface area (Å²) in [5.41, 5.74) is 0.864. The third kappa shape index (κ3) is 6.76. The van der Waals surface area contributed by atoms with Crippen LogP contribution in [0.25, 0.3) is 0 Å². The molecular weight excluding hydrogens is 294 g/mol. The predicted molar refractivity (Wildman–Crippen MR) is 105 cm³/mol. The number of hydrogen-bond donors (Lipinski definition) is 0. The van der Waals surface area contributed by atoms with Gasteiger partial charge >= 0.3 is 0 Å². The molecule has 0 aliphatic carbocycles. The van der Waals surface area contributed by atoms with E-state index in [1.54, 1.807) is 0 Å². The van der Waals surface area contributed by atoms with Crippen molar-refractivity contribution in [2.45, 2.75) is 107 Å². The Morgan fingerprint density at radius 1 is 0.875 bits per heavy atom. The van der Waals surface area contributed by atoms with Crippen molar-refractivity contribution in [2.24, 2.45) is 22.2 Å². The zero-order chi connectivity index (χ0) is 18.8. The molecule has 1 heterocycles. The molecule has 0 unspecified atom stereocenters. The fourth-order valence-corrected chi connectivity index (χ4v) is 3.81. The van der Waals surface area contributed by atoms with Crippen LogP contribution in [0, 0.1) is 22.2 Å². The highest BCUT2D eigenvalue weighted by Gasteiger charge is 2.44. The SMILES string of the molecule is CC(C)(C)CCCCCC(=O)N1C[C@H](C(C)(C)C)C[C@H]1C(C)(C)C. The van der Waals surface area contributed by atoms with Crippen LogP contribution < -0.4 is 0 Å². The van der Waals surface area contributed by atoms with E-state index in [1.165, 1.54) is 19.3 Å². The Balaban J connectivity index is 2.57. The molecule has 0 spiro atoms. The summed E-state index contributed by atoms with van der Waals surface area (Å²) in [6.07, 6.45) is 6.60. The predicted octanol–water partition coefficient (Wildman–Crippen LogP) is 6.29. The van der Waals surface area contributed by atoms with Gasteiger partial charge in [0.2, 0.25) is 5.91 Å². The van der Waals surface area contributed by atoms with Gasteiger partial charge in [-0.2, -0.15) is 0 Å². The van der Waals surface area contributed by atoms with Crippen molar-refractivity contribution in [3.63, 3.8) is 0 Å². The zero-order valence-corrected chi connectivity index (χ0v) is 18.0. The van der Waals surface area contributed by atoms with E-state index in [1.807, 2.05) is 0 Å². The summed E-state index contributed by atoms with van der Waals surface area (Å²) < 4.78 is 0. The van der Waals surface area contributed by atoms with E-state index in [2.05, 4.69) is 67.2 Å². The number of hydrogen-bond acceptors (Lipinski definition) is 1. The molecule has 0 aromatic carbocycles. The van der Waals surface area contributed by atoms with Crippen molar-refractivity contribution in [3.8, 4) is 0 Å². The minimum atomic E-state index is 0.169. The molecule has 0 radical (unpaired) electrons. The van der Waals surface area contributed by atoms with Gasteiger partial charge < -0.3 is 4.90 Å². The molecule has 2 nitrogen and oxygen atoms in total. The third-order valence-electron chi connectivity index (χ3n) is 5.66. The molecule has 2 heteroatoms. The van der Waals surface area contributed by atoms with Crippen LogP contribution in [0.1, 0.15) is 101 Å². The molecule has 0 bridgehead atoms. The number of carbonyl (C=O) groups is 1. The van der Waals surface area contributed by atoms with Gasteiger partial charge in [0.15, 0.2) is 0 Å². The summed E-state index contributed by atoms with van der Waals surface area (Å²) in [6.45, 7) is 21.6. The molecule has 142 valence electrons. The quantitative estimate of drug-likeness (QED) is 0.540. The van der Waals surface area contributed by atoms with Gasteiger partial charge in [0.05, 0.1) is 0 Å². The lowest BCUT2D eigenvalue weighted by Crippen LogP contribution is -2.43. The summed E-state index contributed by atoms with van der Waals surface area (Å²) in [4.78, 5) is 15.1. The summed E-state index contributed by atoms with van der Waals surface area (Å²) >= 11 is 0. The Kier molecular flexibility index (Phi) is 6.98. The first kappa shape index (κ1) is 21.5. The summed E-state index contributed by atoms with van der Waals surface area (Å²) in [5, 5.41) is 0. The fourth-order valence-electron chi connectivity index (χ4n) is 3.81. The van der Waals surface area contributed by atoms with Crippen molar-refractivity contribution in [1.82, 2.24) is 4.90 Å². The van der Waals surface area contributed by atoms with Crippen LogP contribution in [0.2, 0.25) is 0 Å². The highest BCUT2D eigenvalue weighted by molar-refractivity contribution is 5.77. The van der Waals surface area contributed by atoms with Crippen LogP contribution in [-0.4, -0.2) is 23.4 Å². The second-order valence-electron chi connectivity index (χ2n) is 11.3. The molecule has 0 aromatic heterocycles. The first-order chi connectivity index (χ1) is 10.7. The maximum atomic E-state index is 12.9. The topological polar surface area (TPSA) is 20.3 Å². The van der Waals surface area contributed by atoms with E-state index in [9.17, 15) is 4.79 Å². The molecule has 1 amide bonds. The normalized spacial score (nSPS) is 23.0. The molecule has 0 saturated carbocycles. The largest absolute Gasteiger partial charge is 0.339 e. The van der Waals surface area contributed by atoms with Gasteiger partial charge in [-0.05, 0) is 41.4 Å². The van der Waals surface area contributed by atoms with E-state index < -0.39 is 0 Å². The molecule has 1 fully saturated rings. The van der Waals surface area contributed by atoms with Crippen molar-refractivity contribution >= 4 is 5.91 Å². The Morgan fingerprint density at radius 3 is 1.92 bits per heavy atom. The first-order valence-corrected chi connectivity index (χ1v) is 10.0. The molecular formula is C22H43NO. The summed E-state index contributed by atoms with van der Waals surface area (Å²) in [7, 11) is 0. The maximum Gasteiger partial charge on any atom is 0.222 e. The molecule has 1 aliphatic heterocycles. The zero-order valence-electron chi connectivity index (χ0n) is 18.0. The molecule has 1 saturated heterocycles. The van der Waals surface area contributed by atoms with Gasteiger partial charge in [-0.25, -0.2) is 0 Å². The van der Waals surface area contributed by atoms with Gasteiger partial charge in [-0.15, -0.1) is 0 Å². The molecule has 0 N–H and O–H groups in total. The van der Waals surface area contributed by atoms with E-state index in [-0.39, 0.29) is 10.8 Å². The van der Waals surface area contributed by atoms with Crippen LogP contribution >= 0.6 is 0 Å². The Morgan fingerprint density at radius 2 is 1.46 bits per heavy atom. The summed E-state index contributed by atoms with van der Waals surface area (Å²) in [6, 6.07) is 0.392. The average Bonchev–Trinajstić information content (AvgIpc) is 2.81. The minimum Gasteiger partial charge on any atom is -0.339 e. The summed E-state index contributed by atoms with van der Waals surface area (Å²) in [5.74, 6) is 1.00. The smallest absolute Gasteiger partial charge is 0.222 e. The Hall–Kier alpha value is -0.530. The van der Waals surface area contributed by atoms with E-state index in [4.69, 9.17) is 0 Å². The molecule has 2 atom stereocenters. The van der Waals surface area contributed by atoms with Gasteiger partial charge in [0.25, 0.3) is 0 Å². The van der Waals surface area contributed by atoms with E-state index in [0.717, 1.165) is 25.8 Å². The monoisotopic (exact) mass is 337 g/mol. The van der Waals surface area contributed by atoms with E-state index >= 15 is 0 Å². The van der Waals surface area contributed by atoms with Crippen LogP contribution in [0.5, 0.6) is 0 Å². The van der Waals surface area contributed by atoms with Gasteiger partial charge in [-0.3, -0.25) is 4.79 Å². The highest BCUT2D eigenvalue weighted by atomic mass is 16.2. The second kappa shape index (κ2) is 7.79. The van der Waals surface area contributed by atoms with Crippen molar-refractivity contribution in [3.05, 3.63) is 0 Å². The molecule has 1 rings (SSSR count). The maximum absolute atomic E-state index is 12.9. The van der Waals surface area contributed by atoms with Crippen molar-refractivity contribution in [1.29, 1.82) is 0 Å². The Labute approximate surface area is 151 Å². The van der Waals surface area contributed by atoms with Gasteiger partial charge in [0, 0.05) is 19.0 Å². The van der Waals surface area contributed by atoms with Crippen molar-refractivity contribution < 1.29 is 4.79 Å². The Bertz CT molecular complexity index is 405.